The molecule has 2 rings (SSSR count). The lowest BCUT2D eigenvalue weighted by atomic mass is 10.1. The summed E-state index contributed by atoms with van der Waals surface area (Å²) in [5.74, 6) is 0.964. The SMILES string of the molecule is Cc1cnc(CNCC(O)c2cccc(F)c2)o1. The predicted molar refractivity (Wildman–Crippen MR) is 64.3 cm³/mol. The fraction of sp³-hybridized carbons (Fsp3) is 0.308. The minimum Gasteiger partial charge on any atom is -0.445 e. The quantitative estimate of drug-likeness (QED) is 0.851. The number of aromatic nitrogens is 1. The van der Waals surface area contributed by atoms with Crippen molar-refractivity contribution < 1.29 is 13.9 Å². The lowest BCUT2D eigenvalue weighted by Gasteiger charge is -2.11. The predicted octanol–water partition coefficient (Wildman–Crippen LogP) is 1.95. The zero-order chi connectivity index (χ0) is 13.0. The highest BCUT2D eigenvalue weighted by Gasteiger charge is 2.08. The summed E-state index contributed by atoms with van der Waals surface area (Å²) < 4.78 is 18.2. The molecule has 2 N–H and O–H groups in total. The number of nitrogens with one attached hydrogen (secondary N) is 1. The second kappa shape index (κ2) is 5.75. The number of aryl methyl sites for hydroxylation is 1. The van der Waals surface area contributed by atoms with Gasteiger partial charge in [-0.1, -0.05) is 12.1 Å². The number of rotatable bonds is 5. The van der Waals surface area contributed by atoms with Gasteiger partial charge in [0.1, 0.15) is 11.6 Å². The van der Waals surface area contributed by atoms with Gasteiger partial charge in [-0.25, -0.2) is 9.37 Å². The van der Waals surface area contributed by atoms with Crippen LogP contribution in [0.5, 0.6) is 0 Å². The highest BCUT2D eigenvalue weighted by molar-refractivity contribution is 5.18. The lowest BCUT2D eigenvalue weighted by molar-refractivity contribution is 0.172. The molecule has 0 fully saturated rings. The van der Waals surface area contributed by atoms with E-state index in [0.717, 1.165) is 5.76 Å². The topological polar surface area (TPSA) is 58.3 Å². The Morgan fingerprint density at radius 1 is 1.50 bits per heavy atom. The van der Waals surface area contributed by atoms with Crippen LogP contribution in [0, 0.1) is 12.7 Å². The van der Waals surface area contributed by atoms with Crippen molar-refractivity contribution in [2.45, 2.75) is 19.6 Å². The van der Waals surface area contributed by atoms with Crippen molar-refractivity contribution in [2.75, 3.05) is 6.54 Å². The molecule has 1 unspecified atom stereocenters. The maximum absolute atomic E-state index is 13.0. The van der Waals surface area contributed by atoms with Crippen LogP contribution in [0.15, 0.2) is 34.9 Å². The normalized spacial score (nSPS) is 12.6. The van der Waals surface area contributed by atoms with Crippen molar-refractivity contribution in [3.63, 3.8) is 0 Å². The van der Waals surface area contributed by atoms with E-state index in [4.69, 9.17) is 4.42 Å². The maximum Gasteiger partial charge on any atom is 0.208 e. The smallest absolute Gasteiger partial charge is 0.208 e. The zero-order valence-corrected chi connectivity index (χ0v) is 10.1. The minimum atomic E-state index is -0.753. The van der Waals surface area contributed by atoms with Gasteiger partial charge >= 0.3 is 0 Å². The van der Waals surface area contributed by atoms with E-state index in [1.54, 1.807) is 18.3 Å². The van der Waals surface area contributed by atoms with Gasteiger partial charge < -0.3 is 14.8 Å². The van der Waals surface area contributed by atoms with Crippen LogP contribution in [0.2, 0.25) is 0 Å². The van der Waals surface area contributed by atoms with Crippen LogP contribution in [-0.4, -0.2) is 16.6 Å². The third-order valence-corrected chi connectivity index (χ3v) is 2.52. The van der Waals surface area contributed by atoms with E-state index in [1.165, 1.54) is 12.1 Å². The van der Waals surface area contributed by atoms with Crippen LogP contribution >= 0.6 is 0 Å². The molecule has 0 saturated carbocycles. The summed E-state index contributed by atoms with van der Waals surface area (Å²) >= 11 is 0. The molecule has 18 heavy (non-hydrogen) atoms. The van der Waals surface area contributed by atoms with E-state index in [9.17, 15) is 9.50 Å². The van der Waals surface area contributed by atoms with Crippen LogP contribution in [0.3, 0.4) is 0 Å². The molecule has 0 radical (unpaired) electrons. The van der Waals surface area contributed by atoms with Gasteiger partial charge in [0.05, 0.1) is 18.8 Å². The van der Waals surface area contributed by atoms with Crippen LogP contribution in [0.25, 0.3) is 0 Å². The Labute approximate surface area is 104 Å². The van der Waals surface area contributed by atoms with Gasteiger partial charge in [0.25, 0.3) is 0 Å². The number of oxazole rings is 1. The monoisotopic (exact) mass is 250 g/mol. The van der Waals surface area contributed by atoms with Gasteiger partial charge in [-0.3, -0.25) is 0 Å². The second-order valence-electron chi connectivity index (χ2n) is 4.07. The average Bonchev–Trinajstić information content (AvgIpc) is 2.75. The number of nitrogens with zero attached hydrogens (tertiary/aromatic N) is 1. The third kappa shape index (κ3) is 3.38. The van der Waals surface area contributed by atoms with E-state index in [0.29, 0.717) is 24.5 Å². The Kier molecular flexibility index (Phi) is 4.07. The molecule has 1 aromatic carbocycles. The number of hydrogen-bond acceptors (Lipinski definition) is 4. The van der Waals surface area contributed by atoms with E-state index in [-0.39, 0.29) is 5.82 Å². The highest BCUT2D eigenvalue weighted by atomic mass is 19.1. The molecule has 1 atom stereocenters. The van der Waals surface area contributed by atoms with Crippen molar-refractivity contribution in [3.8, 4) is 0 Å². The molecule has 0 aliphatic rings. The number of halogens is 1. The molecule has 0 aliphatic carbocycles. The first kappa shape index (κ1) is 12.7. The Hall–Kier alpha value is -1.72. The summed E-state index contributed by atoms with van der Waals surface area (Å²) in [7, 11) is 0. The summed E-state index contributed by atoms with van der Waals surface area (Å²) in [5.41, 5.74) is 0.547. The molecule has 1 heterocycles. The van der Waals surface area contributed by atoms with Gasteiger partial charge in [-0.05, 0) is 24.6 Å². The lowest BCUT2D eigenvalue weighted by Crippen LogP contribution is -2.21. The highest BCUT2D eigenvalue weighted by Crippen LogP contribution is 2.13. The van der Waals surface area contributed by atoms with Gasteiger partial charge in [-0.2, -0.15) is 0 Å². The molecular formula is C13H15FN2O2. The van der Waals surface area contributed by atoms with Crippen molar-refractivity contribution in [1.82, 2.24) is 10.3 Å². The molecule has 0 spiro atoms. The summed E-state index contributed by atoms with van der Waals surface area (Å²) in [4.78, 5) is 4.03. The van der Waals surface area contributed by atoms with Crippen LogP contribution < -0.4 is 5.32 Å². The molecular weight excluding hydrogens is 235 g/mol. The Balaban J connectivity index is 1.83. The molecule has 0 aliphatic heterocycles. The van der Waals surface area contributed by atoms with Gasteiger partial charge in [-0.15, -0.1) is 0 Å². The average molecular weight is 250 g/mol. The van der Waals surface area contributed by atoms with E-state index >= 15 is 0 Å². The summed E-state index contributed by atoms with van der Waals surface area (Å²) in [6.07, 6.45) is 0.886. The summed E-state index contributed by atoms with van der Waals surface area (Å²) in [6, 6.07) is 5.93. The molecule has 2 aromatic rings. The van der Waals surface area contributed by atoms with Gasteiger partial charge in [0.2, 0.25) is 5.89 Å². The summed E-state index contributed by atoms with van der Waals surface area (Å²) in [5, 5.41) is 12.9. The first-order valence-electron chi connectivity index (χ1n) is 5.70. The number of aliphatic hydroxyl groups is 1. The first-order valence-corrected chi connectivity index (χ1v) is 5.70. The molecule has 96 valence electrons. The Morgan fingerprint density at radius 3 is 3.00 bits per heavy atom. The van der Waals surface area contributed by atoms with E-state index in [1.807, 2.05) is 6.92 Å². The molecule has 0 bridgehead atoms. The summed E-state index contributed by atoms with van der Waals surface area (Å²) in [6.45, 7) is 2.56. The van der Waals surface area contributed by atoms with Crippen LogP contribution in [0.4, 0.5) is 4.39 Å². The molecule has 0 amide bonds. The fourth-order valence-corrected chi connectivity index (χ4v) is 1.63. The van der Waals surface area contributed by atoms with Crippen LogP contribution in [0.1, 0.15) is 23.3 Å². The first-order chi connectivity index (χ1) is 8.65. The minimum absolute atomic E-state index is 0.310. The maximum atomic E-state index is 13.0. The van der Waals surface area contributed by atoms with Gasteiger partial charge in [0, 0.05) is 6.54 Å². The largest absolute Gasteiger partial charge is 0.445 e. The standard InChI is InChI=1S/C13H15FN2O2/c1-9-6-16-13(18-9)8-15-7-12(17)10-3-2-4-11(14)5-10/h2-6,12,15,17H,7-8H2,1H3. The second-order valence-corrected chi connectivity index (χ2v) is 4.07. The number of hydrogen-bond donors (Lipinski definition) is 2. The third-order valence-electron chi connectivity index (χ3n) is 2.52. The molecule has 5 heteroatoms. The van der Waals surface area contributed by atoms with Crippen molar-refractivity contribution >= 4 is 0 Å². The van der Waals surface area contributed by atoms with E-state index < -0.39 is 6.10 Å². The van der Waals surface area contributed by atoms with Gasteiger partial charge in [0.15, 0.2) is 0 Å². The van der Waals surface area contributed by atoms with Crippen LogP contribution in [-0.2, 0) is 6.54 Å². The van der Waals surface area contributed by atoms with Crippen molar-refractivity contribution in [3.05, 3.63) is 53.5 Å². The van der Waals surface area contributed by atoms with Crippen molar-refractivity contribution in [2.24, 2.45) is 0 Å². The van der Waals surface area contributed by atoms with E-state index in [2.05, 4.69) is 10.3 Å². The number of aliphatic hydroxyl groups excluding tert-OH is 1. The Bertz CT molecular complexity index is 513. The Morgan fingerprint density at radius 2 is 2.33 bits per heavy atom. The molecule has 0 saturated heterocycles. The molecule has 4 nitrogen and oxygen atoms in total. The number of benzene rings is 1. The molecule has 1 aromatic heterocycles. The fourth-order valence-electron chi connectivity index (χ4n) is 1.63. The zero-order valence-electron chi connectivity index (χ0n) is 10.1. The van der Waals surface area contributed by atoms with Crippen molar-refractivity contribution in [1.29, 1.82) is 0 Å².